The van der Waals surface area contributed by atoms with Crippen molar-refractivity contribution >= 4 is 0 Å². The minimum absolute atomic E-state index is 0.136. The molecule has 0 bridgehead atoms. The molecule has 0 fully saturated rings. The number of fused-ring (bicyclic) bond motifs is 3. The zero-order valence-corrected chi connectivity index (χ0v) is 10.2. The normalized spacial score (nSPS) is 16.1. The quantitative estimate of drug-likeness (QED) is 0.719. The zero-order chi connectivity index (χ0) is 12.0. The summed E-state index contributed by atoms with van der Waals surface area (Å²) >= 11 is 0. The van der Waals surface area contributed by atoms with Gasteiger partial charge in [-0.15, -0.1) is 0 Å². The van der Waals surface area contributed by atoms with Gasteiger partial charge in [0.05, 0.1) is 0 Å². The van der Waals surface area contributed by atoms with Gasteiger partial charge in [0, 0.05) is 0 Å². The molecule has 0 spiro atoms. The van der Waals surface area contributed by atoms with Crippen LogP contribution >= 0.6 is 0 Å². The Balaban J connectivity index is 2.34. The Labute approximate surface area is 102 Å². The van der Waals surface area contributed by atoms with Crippen LogP contribution in [0.1, 0.15) is 25.0 Å². The molecule has 0 aliphatic heterocycles. The van der Waals surface area contributed by atoms with E-state index in [0.717, 1.165) is 6.42 Å². The Morgan fingerprint density at radius 1 is 1.00 bits per heavy atom. The van der Waals surface area contributed by atoms with E-state index in [1.165, 1.54) is 22.3 Å². The third-order valence-electron chi connectivity index (χ3n) is 3.67. The summed E-state index contributed by atoms with van der Waals surface area (Å²) in [5, 5.41) is 9.68. The molecule has 0 radical (unpaired) electrons. The monoisotopic (exact) mass is 224 g/mol. The van der Waals surface area contributed by atoms with Gasteiger partial charge in [0.25, 0.3) is 0 Å². The summed E-state index contributed by atoms with van der Waals surface area (Å²) in [6.07, 6.45) is 1.06. The number of phenols is 1. The lowest BCUT2D eigenvalue weighted by atomic mass is 9.70. The molecule has 1 aliphatic rings. The van der Waals surface area contributed by atoms with Crippen LogP contribution in [0.4, 0.5) is 0 Å². The molecule has 3 rings (SSSR count). The summed E-state index contributed by atoms with van der Waals surface area (Å²) in [4.78, 5) is 0. The van der Waals surface area contributed by atoms with Crippen LogP contribution in [-0.2, 0) is 11.8 Å². The maximum absolute atomic E-state index is 9.68. The lowest BCUT2D eigenvalue weighted by molar-refractivity contribution is 0.472. The highest BCUT2D eigenvalue weighted by Gasteiger charge is 2.30. The molecular formula is C16H16O. The largest absolute Gasteiger partial charge is 0.508 e. The number of benzene rings is 2. The molecule has 1 heteroatoms. The second-order valence-corrected chi connectivity index (χ2v) is 5.45. The van der Waals surface area contributed by atoms with Crippen molar-refractivity contribution in [1.29, 1.82) is 0 Å². The first-order chi connectivity index (χ1) is 8.08. The Kier molecular flexibility index (Phi) is 2.06. The fourth-order valence-corrected chi connectivity index (χ4v) is 2.85. The number of rotatable bonds is 0. The maximum atomic E-state index is 9.68. The molecule has 2 aromatic rings. The van der Waals surface area contributed by atoms with Crippen molar-refractivity contribution < 1.29 is 5.11 Å². The van der Waals surface area contributed by atoms with Gasteiger partial charge in [-0.3, -0.25) is 0 Å². The van der Waals surface area contributed by atoms with Gasteiger partial charge in [-0.2, -0.15) is 0 Å². The van der Waals surface area contributed by atoms with Crippen LogP contribution in [0.15, 0.2) is 42.5 Å². The van der Waals surface area contributed by atoms with E-state index >= 15 is 0 Å². The Morgan fingerprint density at radius 3 is 2.59 bits per heavy atom. The van der Waals surface area contributed by atoms with Gasteiger partial charge in [0.2, 0.25) is 0 Å². The van der Waals surface area contributed by atoms with Crippen LogP contribution in [0.2, 0.25) is 0 Å². The van der Waals surface area contributed by atoms with Crippen molar-refractivity contribution in [2.24, 2.45) is 0 Å². The molecule has 0 atom stereocenters. The molecule has 0 saturated heterocycles. The van der Waals surface area contributed by atoms with E-state index in [1.54, 1.807) is 6.07 Å². The van der Waals surface area contributed by atoms with Gasteiger partial charge in [0.15, 0.2) is 0 Å². The van der Waals surface area contributed by atoms with E-state index in [4.69, 9.17) is 0 Å². The lowest BCUT2D eigenvalue weighted by Crippen LogP contribution is -2.25. The number of hydrogen-bond donors (Lipinski definition) is 1. The van der Waals surface area contributed by atoms with Crippen molar-refractivity contribution in [3.05, 3.63) is 53.6 Å². The Hall–Kier alpha value is -1.76. The van der Waals surface area contributed by atoms with Crippen LogP contribution in [0, 0.1) is 0 Å². The van der Waals surface area contributed by atoms with Crippen molar-refractivity contribution in [1.82, 2.24) is 0 Å². The minimum Gasteiger partial charge on any atom is -0.508 e. The predicted octanol–water partition coefficient (Wildman–Crippen LogP) is 3.89. The van der Waals surface area contributed by atoms with Gasteiger partial charge in [0.1, 0.15) is 5.75 Å². The summed E-state index contributed by atoms with van der Waals surface area (Å²) in [5.74, 6) is 0.344. The minimum atomic E-state index is 0.136. The highest BCUT2D eigenvalue weighted by molar-refractivity contribution is 5.76. The zero-order valence-electron chi connectivity index (χ0n) is 10.2. The van der Waals surface area contributed by atoms with Crippen LogP contribution in [0.25, 0.3) is 11.1 Å². The molecule has 1 N–H and O–H groups in total. The van der Waals surface area contributed by atoms with Gasteiger partial charge in [-0.1, -0.05) is 44.2 Å². The summed E-state index contributed by atoms with van der Waals surface area (Å²) in [6.45, 7) is 4.53. The highest BCUT2D eigenvalue weighted by Crippen LogP contribution is 2.43. The SMILES string of the molecule is CC1(C)Cc2ccccc2-c2cc(O)ccc21. The van der Waals surface area contributed by atoms with Crippen LogP contribution in [-0.4, -0.2) is 5.11 Å². The fourth-order valence-electron chi connectivity index (χ4n) is 2.85. The summed E-state index contributed by atoms with van der Waals surface area (Å²) in [6, 6.07) is 14.2. The van der Waals surface area contributed by atoms with E-state index in [1.807, 2.05) is 6.07 Å². The van der Waals surface area contributed by atoms with Crippen molar-refractivity contribution in [2.75, 3.05) is 0 Å². The van der Waals surface area contributed by atoms with Gasteiger partial charge in [-0.05, 0) is 46.2 Å². The topological polar surface area (TPSA) is 20.2 Å². The van der Waals surface area contributed by atoms with E-state index in [0.29, 0.717) is 5.75 Å². The van der Waals surface area contributed by atoms with E-state index in [-0.39, 0.29) is 5.41 Å². The first-order valence-electron chi connectivity index (χ1n) is 6.00. The van der Waals surface area contributed by atoms with Crippen LogP contribution < -0.4 is 0 Å². The van der Waals surface area contributed by atoms with Crippen molar-refractivity contribution in [3.8, 4) is 16.9 Å². The predicted molar refractivity (Wildman–Crippen MR) is 70.3 cm³/mol. The van der Waals surface area contributed by atoms with Gasteiger partial charge < -0.3 is 5.11 Å². The molecule has 0 unspecified atom stereocenters. The smallest absolute Gasteiger partial charge is 0.116 e. The number of hydrogen-bond acceptors (Lipinski definition) is 1. The molecule has 0 saturated carbocycles. The highest BCUT2D eigenvalue weighted by atomic mass is 16.3. The lowest BCUT2D eigenvalue weighted by Gasteiger charge is -2.34. The molecular weight excluding hydrogens is 208 g/mol. The molecule has 86 valence electrons. The molecule has 0 aromatic heterocycles. The number of aromatic hydroxyl groups is 1. The maximum Gasteiger partial charge on any atom is 0.116 e. The third-order valence-corrected chi connectivity index (χ3v) is 3.67. The first-order valence-corrected chi connectivity index (χ1v) is 6.00. The summed E-state index contributed by atoms with van der Waals surface area (Å²) in [5.41, 5.74) is 5.27. The standard InChI is InChI=1S/C16H16O/c1-16(2)10-11-5-3-4-6-13(11)14-9-12(17)7-8-15(14)16/h3-9,17H,10H2,1-2H3. The number of phenolic OH excluding ortho intramolecular Hbond substituents is 1. The van der Waals surface area contributed by atoms with Crippen molar-refractivity contribution in [2.45, 2.75) is 25.7 Å². The summed E-state index contributed by atoms with van der Waals surface area (Å²) < 4.78 is 0. The third kappa shape index (κ3) is 1.54. The Bertz CT molecular complexity index is 582. The molecule has 2 aromatic carbocycles. The van der Waals surface area contributed by atoms with E-state index < -0.39 is 0 Å². The average Bonchev–Trinajstić information content (AvgIpc) is 2.28. The summed E-state index contributed by atoms with van der Waals surface area (Å²) in [7, 11) is 0. The van der Waals surface area contributed by atoms with Crippen LogP contribution in [0.3, 0.4) is 0 Å². The second-order valence-electron chi connectivity index (χ2n) is 5.45. The average molecular weight is 224 g/mol. The molecule has 17 heavy (non-hydrogen) atoms. The van der Waals surface area contributed by atoms with Gasteiger partial charge in [-0.25, -0.2) is 0 Å². The molecule has 0 heterocycles. The first kappa shape index (κ1) is 10.4. The second kappa shape index (κ2) is 3.36. The molecule has 0 amide bonds. The van der Waals surface area contributed by atoms with Gasteiger partial charge >= 0.3 is 0 Å². The van der Waals surface area contributed by atoms with E-state index in [9.17, 15) is 5.11 Å². The van der Waals surface area contributed by atoms with Crippen molar-refractivity contribution in [3.63, 3.8) is 0 Å². The van der Waals surface area contributed by atoms with Crippen LogP contribution in [0.5, 0.6) is 5.75 Å². The molecule has 1 nitrogen and oxygen atoms in total. The molecule has 1 aliphatic carbocycles. The Morgan fingerprint density at radius 2 is 1.76 bits per heavy atom. The van der Waals surface area contributed by atoms with E-state index in [2.05, 4.69) is 44.2 Å². The fraction of sp³-hybridized carbons (Fsp3) is 0.250.